The van der Waals surface area contributed by atoms with Crippen LogP contribution in [0.1, 0.15) is 19.3 Å². The first-order valence-electron chi connectivity index (χ1n) is 7.06. The minimum atomic E-state index is 0.753. The molecule has 0 saturated carbocycles. The first-order valence-corrected chi connectivity index (χ1v) is 8.22. The van der Waals surface area contributed by atoms with Crippen LogP contribution in [0.2, 0.25) is 0 Å². The predicted octanol–water partition coefficient (Wildman–Crippen LogP) is 1.11. The molecule has 1 N–H and O–H groups in total. The van der Waals surface area contributed by atoms with Crippen LogP contribution in [0.4, 0.5) is 0 Å². The van der Waals surface area contributed by atoms with Crippen molar-refractivity contribution in [1.29, 1.82) is 0 Å². The third-order valence-corrected chi connectivity index (χ3v) is 4.99. The van der Waals surface area contributed by atoms with Gasteiger partial charge in [0.2, 0.25) is 0 Å². The number of nitrogens with zero attached hydrogens (tertiary/aromatic N) is 2. The average Bonchev–Trinajstić information content (AvgIpc) is 2.88. The van der Waals surface area contributed by atoms with E-state index in [0.29, 0.717) is 0 Å². The van der Waals surface area contributed by atoms with Crippen molar-refractivity contribution in [2.45, 2.75) is 25.3 Å². The molecule has 2 aliphatic heterocycles. The van der Waals surface area contributed by atoms with Gasteiger partial charge in [-0.15, -0.1) is 0 Å². The Labute approximate surface area is 110 Å². The molecule has 0 aliphatic carbocycles. The van der Waals surface area contributed by atoms with E-state index in [9.17, 15) is 0 Å². The van der Waals surface area contributed by atoms with E-state index in [2.05, 4.69) is 33.9 Å². The van der Waals surface area contributed by atoms with Gasteiger partial charge in [0.05, 0.1) is 0 Å². The van der Waals surface area contributed by atoms with Gasteiger partial charge in [0.25, 0.3) is 0 Å². The smallest absolute Gasteiger partial charge is 0.0170 e. The summed E-state index contributed by atoms with van der Waals surface area (Å²) in [6.45, 7) is 7.60. The van der Waals surface area contributed by atoms with E-state index in [1.54, 1.807) is 0 Å². The Hall–Kier alpha value is 0.230. The summed E-state index contributed by atoms with van der Waals surface area (Å²) in [6.07, 6.45) is 4.13. The molecule has 100 valence electrons. The van der Waals surface area contributed by atoms with Gasteiger partial charge < -0.3 is 15.1 Å². The minimum Gasteiger partial charge on any atom is -0.312 e. The molecule has 2 aliphatic rings. The van der Waals surface area contributed by atoms with E-state index in [4.69, 9.17) is 0 Å². The molecule has 2 rings (SSSR count). The second-order valence-corrected chi connectivity index (χ2v) is 6.52. The molecular formula is C13H27N3S. The van der Waals surface area contributed by atoms with Crippen LogP contribution < -0.4 is 5.32 Å². The topological polar surface area (TPSA) is 18.5 Å². The van der Waals surface area contributed by atoms with E-state index in [1.807, 2.05) is 0 Å². The van der Waals surface area contributed by atoms with E-state index >= 15 is 0 Å². The Kier molecular flexibility index (Phi) is 6.12. The fourth-order valence-corrected chi connectivity index (χ4v) is 3.61. The molecule has 2 heterocycles. The second-order valence-electron chi connectivity index (χ2n) is 5.37. The lowest BCUT2D eigenvalue weighted by Crippen LogP contribution is -2.40. The van der Waals surface area contributed by atoms with Gasteiger partial charge in [0.1, 0.15) is 0 Å². The van der Waals surface area contributed by atoms with Crippen molar-refractivity contribution < 1.29 is 0 Å². The van der Waals surface area contributed by atoms with E-state index < -0.39 is 0 Å². The average molecular weight is 257 g/mol. The third kappa shape index (κ3) is 5.16. The molecule has 17 heavy (non-hydrogen) atoms. The van der Waals surface area contributed by atoms with Crippen molar-refractivity contribution in [2.75, 3.05) is 57.8 Å². The Balaban J connectivity index is 1.52. The normalized spacial score (nSPS) is 26.8. The van der Waals surface area contributed by atoms with Crippen LogP contribution >= 0.6 is 11.8 Å². The lowest BCUT2D eigenvalue weighted by atomic mass is 10.2. The summed E-state index contributed by atoms with van der Waals surface area (Å²) in [7, 11) is 2.27. The molecule has 3 nitrogen and oxygen atoms in total. The van der Waals surface area contributed by atoms with E-state index in [1.165, 1.54) is 70.0 Å². The molecule has 0 bridgehead atoms. The first kappa shape index (κ1) is 13.7. The predicted molar refractivity (Wildman–Crippen MR) is 76.9 cm³/mol. The highest BCUT2D eigenvalue weighted by Crippen LogP contribution is 2.11. The van der Waals surface area contributed by atoms with Crippen LogP contribution in [0.3, 0.4) is 0 Å². The van der Waals surface area contributed by atoms with Crippen LogP contribution in [0, 0.1) is 0 Å². The number of hydrogen-bond acceptors (Lipinski definition) is 4. The van der Waals surface area contributed by atoms with Gasteiger partial charge in [-0.25, -0.2) is 0 Å². The van der Waals surface area contributed by atoms with E-state index in [0.717, 1.165) is 6.04 Å². The largest absolute Gasteiger partial charge is 0.312 e. The summed E-state index contributed by atoms with van der Waals surface area (Å²) in [5, 5.41) is 3.61. The summed E-state index contributed by atoms with van der Waals surface area (Å²) in [4.78, 5) is 5.10. The van der Waals surface area contributed by atoms with Crippen LogP contribution in [0.25, 0.3) is 0 Å². The van der Waals surface area contributed by atoms with Gasteiger partial charge in [0, 0.05) is 37.2 Å². The van der Waals surface area contributed by atoms with Crippen LogP contribution in [-0.2, 0) is 0 Å². The van der Waals surface area contributed by atoms with Gasteiger partial charge >= 0.3 is 0 Å². The molecular weight excluding hydrogens is 230 g/mol. The van der Waals surface area contributed by atoms with Gasteiger partial charge in [-0.3, -0.25) is 0 Å². The van der Waals surface area contributed by atoms with Gasteiger partial charge in [0.15, 0.2) is 0 Å². The maximum atomic E-state index is 3.61. The number of nitrogens with one attached hydrogen (secondary N) is 1. The number of likely N-dealkylation sites (N-methyl/N-ethyl adjacent to an activating group) is 1. The molecule has 0 radical (unpaired) electrons. The minimum absolute atomic E-state index is 0.753. The van der Waals surface area contributed by atoms with Crippen LogP contribution in [0.5, 0.6) is 0 Å². The van der Waals surface area contributed by atoms with Crippen molar-refractivity contribution in [1.82, 2.24) is 15.1 Å². The highest BCUT2D eigenvalue weighted by molar-refractivity contribution is 7.99. The Morgan fingerprint density at radius 1 is 1.29 bits per heavy atom. The number of hydrogen-bond donors (Lipinski definition) is 1. The third-order valence-electron chi connectivity index (χ3n) is 3.85. The van der Waals surface area contributed by atoms with Crippen molar-refractivity contribution in [3.8, 4) is 0 Å². The zero-order valence-electron chi connectivity index (χ0n) is 11.2. The summed E-state index contributed by atoms with van der Waals surface area (Å²) in [5.74, 6) is 2.60. The van der Waals surface area contributed by atoms with Gasteiger partial charge in [-0.2, -0.15) is 11.8 Å². The van der Waals surface area contributed by atoms with Crippen LogP contribution in [-0.4, -0.2) is 73.7 Å². The molecule has 0 aromatic heterocycles. The van der Waals surface area contributed by atoms with Crippen molar-refractivity contribution in [3.05, 3.63) is 0 Å². The summed E-state index contributed by atoms with van der Waals surface area (Å²) in [6, 6.07) is 0.753. The first-order chi connectivity index (χ1) is 8.34. The molecule has 2 fully saturated rings. The molecule has 0 aromatic carbocycles. The molecule has 1 unspecified atom stereocenters. The number of rotatable bonds is 6. The summed E-state index contributed by atoms with van der Waals surface area (Å²) < 4.78 is 0. The Morgan fingerprint density at radius 3 is 2.82 bits per heavy atom. The molecule has 4 heteroatoms. The monoisotopic (exact) mass is 257 g/mol. The molecule has 0 amide bonds. The SMILES string of the molecule is CN(CCC1CSCCN1)CCN1CCCC1. The molecule has 0 spiro atoms. The lowest BCUT2D eigenvalue weighted by molar-refractivity contribution is 0.249. The van der Waals surface area contributed by atoms with Crippen molar-refractivity contribution in [3.63, 3.8) is 0 Å². The van der Waals surface area contributed by atoms with Gasteiger partial charge in [-0.1, -0.05) is 0 Å². The maximum Gasteiger partial charge on any atom is 0.0170 e. The number of thioether (sulfide) groups is 1. The summed E-state index contributed by atoms with van der Waals surface area (Å²) in [5.41, 5.74) is 0. The summed E-state index contributed by atoms with van der Waals surface area (Å²) >= 11 is 2.10. The van der Waals surface area contributed by atoms with Crippen LogP contribution in [0.15, 0.2) is 0 Å². The maximum absolute atomic E-state index is 3.61. The second kappa shape index (κ2) is 7.62. The zero-order chi connectivity index (χ0) is 11.9. The fraction of sp³-hybridized carbons (Fsp3) is 1.00. The molecule has 2 saturated heterocycles. The van der Waals surface area contributed by atoms with E-state index in [-0.39, 0.29) is 0 Å². The van der Waals surface area contributed by atoms with Gasteiger partial charge in [-0.05, 0) is 45.9 Å². The number of likely N-dealkylation sites (tertiary alicyclic amines) is 1. The fourth-order valence-electron chi connectivity index (χ4n) is 2.61. The standard InChI is InChI=1S/C13H27N3S/c1-15(9-10-16-6-2-3-7-16)8-4-13-12-17-11-5-14-13/h13-14H,2-12H2,1H3. The Morgan fingerprint density at radius 2 is 2.12 bits per heavy atom. The van der Waals surface area contributed by atoms with Crippen molar-refractivity contribution in [2.24, 2.45) is 0 Å². The Bertz CT molecular complexity index is 201. The molecule has 0 aromatic rings. The lowest BCUT2D eigenvalue weighted by Gasteiger charge is -2.26. The highest BCUT2D eigenvalue weighted by atomic mass is 32.2. The zero-order valence-corrected chi connectivity index (χ0v) is 12.0. The quantitative estimate of drug-likeness (QED) is 0.768. The highest BCUT2D eigenvalue weighted by Gasteiger charge is 2.14. The van der Waals surface area contributed by atoms with Crippen molar-refractivity contribution >= 4 is 11.8 Å². The molecule has 1 atom stereocenters.